The van der Waals surface area contributed by atoms with Gasteiger partial charge in [0.1, 0.15) is 0 Å². The minimum atomic E-state index is -0.860. The van der Waals surface area contributed by atoms with Crippen molar-refractivity contribution < 1.29 is 14.7 Å². The van der Waals surface area contributed by atoms with Gasteiger partial charge in [0, 0.05) is 41.9 Å². The van der Waals surface area contributed by atoms with Crippen molar-refractivity contribution in [3.63, 3.8) is 0 Å². The van der Waals surface area contributed by atoms with E-state index in [1.54, 1.807) is 28.0 Å². The highest BCUT2D eigenvalue weighted by molar-refractivity contribution is 6.35. The number of nitrogens with zero attached hydrogens (tertiary/aromatic N) is 2. The van der Waals surface area contributed by atoms with E-state index in [2.05, 4.69) is 5.32 Å². The fourth-order valence-electron chi connectivity index (χ4n) is 2.13. The van der Waals surface area contributed by atoms with Crippen molar-refractivity contribution >= 4 is 40.9 Å². The van der Waals surface area contributed by atoms with Crippen molar-refractivity contribution in [3.8, 4) is 0 Å². The molecular weight excluding hydrogens is 317 g/mol. The summed E-state index contributed by atoms with van der Waals surface area (Å²) in [7, 11) is 0. The summed E-state index contributed by atoms with van der Waals surface area (Å²) >= 11 is 11.8. The zero-order chi connectivity index (χ0) is 15.4. The van der Waals surface area contributed by atoms with E-state index in [1.165, 1.54) is 0 Å². The Labute approximate surface area is 132 Å². The summed E-state index contributed by atoms with van der Waals surface area (Å²) in [4.78, 5) is 26.2. The van der Waals surface area contributed by atoms with E-state index in [0.29, 0.717) is 41.9 Å². The van der Waals surface area contributed by atoms with Gasteiger partial charge in [0.25, 0.3) is 0 Å². The molecule has 1 aliphatic rings. The molecule has 1 aromatic rings. The quantitative estimate of drug-likeness (QED) is 0.890. The number of carboxylic acid groups (broad SMARTS) is 1. The molecule has 0 aromatic heterocycles. The summed E-state index contributed by atoms with van der Waals surface area (Å²) in [6, 6.07) is 4.57. The molecule has 6 nitrogen and oxygen atoms in total. The summed E-state index contributed by atoms with van der Waals surface area (Å²) in [5.41, 5.74) is 0.533. The van der Waals surface area contributed by atoms with Gasteiger partial charge >= 0.3 is 12.0 Å². The fourth-order valence-corrected chi connectivity index (χ4v) is 2.65. The third-order valence-electron chi connectivity index (χ3n) is 3.13. The molecule has 0 saturated carbocycles. The minimum absolute atomic E-state index is 0.000635. The number of hydrogen-bond donors (Lipinski definition) is 2. The predicted octanol–water partition coefficient (Wildman–Crippen LogP) is 2.23. The van der Waals surface area contributed by atoms with Crippen LogP contribution >= 0.6 is 23.2 Å². The van der Waals surface area contributed by atoms with Crippen LogP contribution in [0.25, 0.3) is 0 Å². The molecule has 2 rings (SSSR count). The van der Waals surface area contributed by atoms with E-state index in [0.717, 1.165) is 0 Å². The van der Waals surface area contributed by atoms with Crippen molar-refractivity contribution in [3.05, 3.63) is 28.2 Å². The first kappa shape index (κ1) is 15.9. The Morgan fingerprint density at radius 1 is 1.10 bits per heavy atom. The average molecular weight is 332 g/mol. The van der Waals surface area contributed by atoms with Crippen LogP contribution in [0.2, 0.25) is 10.0 Å². The molecular formula is C13H15Cl2N3O3. The maximum absolute atomic E-state index is 12.1. The zero-order valence-electron chi connectivity index (χ0n) is 11.2. The third kappa shape index (κ3) is 4.77. The van der Waals surface area contributed by atoms with Crippen LogP contribution in [0.5, 0.6) is 0 Å². The molecule has 21 heavy (non-hydrogen) atoms. The first-order valence-electron chi connectivity index (χ1n) is 6.40. The number of nitrogens with one attached hydrogen (secondary N) is 1. The van der Waals surface area contributed by atoms with Crippen LogP contribution in [0.3, 0.4) is 0 Å². The van der Waals surface area contributed by atoms with Gasteiger partial charge in [-0.25, -0.2) is 4.79 Å². The Morgan fingerprint density at radius 3 is 2.19 bits per heavy atom. The molecule has 1 heterocycles. The zero-order valence-corrected chi connectivity index (χ0v) is 12.7. The first-order chi connectivity index (χ1) is 9.94. The van der Waals surface area contributed by atoms with Gasteiger partial charge in [0.05, 0.1) is 6.54 Å². The Balaban J connectivity index is 1.88. The van der Waals surface area contributed by atoms with Crippen molar-refractivity contribution in [1.29, 1.82) is 0 Å². The lowest BCUT2D eigenvalue weighted by Crippen LogP contribution is -2.51. The number of carbonyl (C=O) groups excluding carboxylic acids is 1. The minimum Gasteiger partial charge on any atom is -0.480 e. The van der Waals surface area contributed by atoms with Gasteiger partial charge in [0.2, 0.25) is 0 Å². The molecule has 0 radical (unpaired) electrons. The summed E-state index contributed by atoms with van der Waals surface area (Å²) in [6.45, 7) is 2.03. The normalized spacial score (nSPS) is 15.8. The number of piperazine rings is 1. The predicted molar refractivity (Wildman–Crippen MR) is 81.1 cm³/mol. The average Bonchev–Trinajstić information content (AvgIpc) is 2.37. The molecule has 0 atom stereocenters. The monoisotopic (exact) mass is 331 g/mol. The van der Waals surface area contributed by atoms with Gasteiger partial charge in [-0.05, 0) is 18.2 Å². The fraction of sp³-hybridized carbons (Fsp3) is 0.385. The molecule has 8 heteroatoms. The largest absolute Gasteiger partial charge is 0.480 e. The van der Waals surface area contributed by atoms with Gasteiger partial charge in [-0.2, -0.15) is 0 Å². The second kappa shape index (κ2) is 6.98. The van der Waals surface area contributed by atoms with Crippen molar-refractivity contribution in [2.24, 2.45) is 0 Å². The lowest BCUT2D eigenvalue weighted by molar-refractivity contribution is -0.138. The highest BCUT2D eigenvalue weighted by Crippen LogP contribution is 2.22. The molecule has 0 spiro atoms. The number of hydrogen-bond acceptors (Lipinski definition) is 3. The number of urea groups is 1. The summed E-state index contributed by atoms with van der Waals surface area (Å²) in [5, 5.41) is 12.4. The van der Waals surface area contributed by atoms with Crippen LogP contribution in [0.1, 0.15) is 0 Å². The number of halogens is 2. The van der Waals surface area contributed by atoms with E-state index in [4.69, 9.17) is 28.3 Å². The van der Waals surface area contributed by atoms with Crippen molar-refractivity contribution in [2.45, 2.75) is 0 Å². The molecule has 0 bridgehead atoms. The Bertz CT molecular complexity index is 525. The number of carbonyl (C=O) groups is 2. The van der Waals surface area contributed by atoms with Crippen molar-refractivity contribution in [1.82, 2.24) is 9.80 Å². The van der Waals surface area contributed by atoms with Crippen LogP contribution in [0.4, 0.5) is 10.5 Å². The van der Waals surface area contributed by atoms with E-state index in [-0.39, 0.29) is 12.6 Å². The highest BCUT2D eigenvalue weighted by atomic mass is 35.5. The van der Waals surface area contributed by atoms with Gasteiger partial charge in [-0.1, -0.05) is 23.2 Å². The molecule has 2 N–H and O–H groups in total. The summed E-state index contributed by atoms with van der Waals surface area (Å²) in [5.74, 6) is -0.860. The van der Waals surface area contributed by atoms with E-state index in [9.17, 15) is 9.59 Å². The van der Waals surface area contributed by atoms with E-state index < -0.39 is 5.97 Å². The second-order valence-electron chi connectivity index (χ2n) is 4.75. The number of rotatable bonds is 3. The highest BCUT2D eigenvalue weighted by Gasteiger charge is 2.22. The van der Waals surface area contributed by atoms with Gasteiger partial charge in [-0.15, -0.1) is 0 Å². The molecule has 1 saturated heterocycles. The lowest BCUT2D eigenvalue weighted by Gasteiger charge is -2.33. The lowest BCUT2D eigenvalue weighted by atomic mass is 10.3. The number of aliphatic carboxylic acids is 1. The molecule has 114 valence electrons. The number of benzene rings is 1. The van der Waals surface area contributed by atoms with Gasteiger partial charge in [-0.3, -0.25) is 9.69 Å². The van der Waals surface area contributed by atoms with E-state index in [1.807, 2.05) is 0 Å². The Morgan fingerprint density at radius 2 is 1.67 bits per heavy atom. The summed E-state index contributed by atoms with van der Waals surface area (Å²) in [6.07, 6.45) is 0. The van der Waals surface area contributed by atoms with Crippen LogP contribution in [0, 0.1) is 0 Å². The first-order valence-corrected chi connectivity index (χ1v) is 7.16. The second-order valence-corrected chi connectivity index (χ2v) is 5.62. The SMILES string of the molecule is O=C(O)CN1CCN(C(=O)Nc2cc(Cl)cc(Cl)c2)CC1. The standard InChI is InChI=1S/C13H15Cl2N3O3/c14-9-5-10(15)7-11(6-9)16-13(21)18-3-1-17(2-4-18)8-12(19)20/h5-7H,1-4,8H2,(H,16,21)(H,19,20). The molecule has 2 amide bonds. The maximum Gasteiger partial charge on any atom is 0.321 e. The van der Waals surface area contributed by atoms with Gasteiger partial charge < -0.3 is 15.3 Å². The van der Waals surface area contributed by atoms with Crippen LogP contribution in [0.15, 0.2) is 18.2 Å². The molecule has 0 unspecified atom stereocenters. The van der Waals surface area contributed by atoms with Crippen LogP contribution < -0.4 is 5.32 Å². The van der Waals surface area contributed by atoms with E-state index >= 15 is 0 Å². The summed E-state index contributed by atoms with van der Waals surface area (Å²) < 4.78 is 0. The number of amides is 2. The molecule has 1 aliphatic heterocycles. The Hall–Kier alpha value is -1.50. The smallest absolute Gasteiger partial charge is 0.321 e. The maximum atomic E-state index is 12.1. The number of anilines is 1. The third-order valence-corrected chi connectivity index (χ3v) is 3.57. The van der Waals surface area contributed by atoms with Crippen LogP contribution in [-0.2, 0) is 4.79 Å². The molecule has 1 aromatic carbocycles. The molecule has 0 aliphatic carbocycles. The van der Waals surface area contributed by atoms with Crippen LogP contribution in [-0.4, -0.2) is 59.6 Å². The molecule has 1 fully saturated rings. The van der Waals surface area contributed by atoms with Crippen molar-refractivity contribution in [2.75, 3.05) is 38.0 Å². The van der Waals surface area contributed by atoms with Gasteiger partial charge in [0.15, 0.2) is 0 Å². The Kier molecular flexibility index (Phi) is 5.27. The topological polar surface area (TPSA) is 72.9 Å². The number of carboxylic acids is 1.